The smallest absolute Gasteiger partial charge is 0.101 e. The van der Waals surface area contributed by atoms with Crippen molar-refractivity contribution in [2.75, 3.05) is 0 Å². The number of aromatic nitrogens is 4. The van der Waals surface area contributed by atoms with Crippen molar-refractivity contribution < 1.29 is 5.11 Å². The summed E-state index contributed by atoms with van der Waals surface area (Å²) in [5, 5.41) is 15.1. The fourth-order valence-corrected chi connectivity index (χ4v) is 4.07. The number of hydrogen-bond donors (Lipinski definition) is 1. The lowest BCUT2D eigenvalue weighted by Crippen LogP contribution is -2.31. The van der Waals surface area contributed by atoms with Crippen LogP contribution in [0.5, 0.6) is 0 Å². The maximum Gasteiger partial charge on any atom is 0.101 e. The van der Waals surface area contributed by atoms with E-state index in [2.05, 4.69) is 38.9 Å². The zero-order valence-electron chi connectivity index (χ0n) is 12.0. The maximum absolute atomic E-state index is 10.9. The Morgan fingerprint density at radius 3 is 3.05 bits per heavy atom. The first-order chi connectivity index (χ1) is 10.8. The van der Waals surface area contributed by atoms with Gasteiger partial charge >= 0.3 is 0 Å². The molecule has 1 N–H and O–H groups in total. The van der Waals surface area contributed by atoms with E-state index in [0.29, 0.717) is 0 Å². The molecule has 0 spiro atoms. The molecule has 2 aliphatic heterocycles. The molecular formula is C17H16N4O. The number of aliphatic hydroxyl groups excluding tert-OH is 1. The summed E-state index contributed by atoms with van der Waals surface area (Å²) in [5.74, 6) is 0.140. The van der Waals surface area contributed by atoms with Gasteiger partial charge in [0, 0.05) is 24.2 Å². The van der Waals surface area contributed by atoms with Crippen molar-refractivity contribution in [1.29, 1.82) is 0 Å². The summed E-state index contributed by atoms with van der Waals surface area (Å²) in [6.07, 6.45) is 5.98. The summed E-state index contributed by atoms with van der Waals surface area (Å²) >= 11 is 0. The minimum atomic E-state index is -0.498. The molecule has 3 atom stereocenters. The van der Waals surface area contributed by atoms with Gasteiger partial charge in [0.25, 0.3) is 0 Å². The minimum Gasteiger partial charge on any atom is -0.386 e. The van der Waals surface area contributed by atoms with Gasteiger partial charge < -0.3 is 9.67 Å². The summed E-state index contributed by atoms with van der Waals surface area (Å²) in [7, 11) is 0. The molecule has 0 bridgehead atoms. The van der Waals surface area contributed by atoms with Crippen molar-refractivity contribution in [2.45, 2.75) is 25.1 Å². The lowest BCUT2D eigenvalue weighted by Gasteiger charge is -2.34. The maximum atomic E-state index is 10.9. The van der Waals surface area contributed by atoms with Crippen LogP contribution < -0.4 is 0 Å². The highest BCUT2D eigenvalue weighted by Gasteiger charge is 2.40. The Morgan fingerprint density at radius 1 is 1.18 bits per heavy atom. The molecule has 22 heavy (non-hydrogen) atoms. The van der Waals surface area contributed by atoms with Gasteiger partial charge in [0.2, 0.25) is 0 Å². The normalized spacial score (nSPS) is 25.6. The molecule has 110 valence electrons. The van der Waals surface area contributed by atoms with Gasteiger partial charge in [0.05, 0.1) is 30.0 Å². The summed E-state index contributed by atoms with van der Waals surface area (Å²) < 4.78 is 4.13. The van der Waals surface area contributed by atoms with Crippen molar-refractivity contribution in [3.8, 4) is 11.3 Å². The third-order valence-corrected chi connectivity index (χ3v) is 5.06. The fraction of sp³-hybridized carbons (Fsp3) is 0.294. The quantitative estimate of drug-likeness (QED) is 0.749. The van der Waals surface area contributed by atoms with E-state index >= 15 is 0 Å². The number of rotatable bonds is 1. The number of benzene rings is 1. The van der Waals surface area contributed by atoms with Crippen molar-refractivity contribution in [3.05, 3.63) is 60.3 Å². The number of fused-ring (bicyclic) bond motifs is 4. The topological polar surface area (TPSA) is 55.9 Å². The van der Waals surface area contributed by atoms with Gasteiger partial charge in [-0.1, -0.05) is 24.3 Å². The van der Waals surface area contributed by atoms with Gasteiger partial charge in [0.15, 0.2) is 0 Å². The first-order valence-electron chi connectivity index (χ1n) is 7.65. The van der Waals surface area contributed by atoms with Crippen molar-refractivity contribution in [1.82, 2.24) is 19.3 Å². The summed E-state index contributed by atoms with van der Waals surface area (Å²) in [6.45, 7) is 0.854. The average molecular weight is 292 g/mol. The second kappa shape index (κ2) is 4.30. The Kier molecular flexibility index (Phi) is 2.38. The first-order valence-corrected chi connectivity index (χ1v) is 7.65. The van der Waals surface area contributed by atoms with Crippen LogP contribution in [-0.4, -0.2) is 24.4 Å². The predicted molar refractivity (Wildman–Crippen MR) is 81.1 cm³/mol. The molecular weight excluding hydrogens is 276 g/mol. The molecule has 4 heterocycles. The van der Waals surface area contributed by atoms with E-state index in [4.69, 9.17) is 0 Å². The largest absolute Gasteiger partial charge is 0.386 e. The molecule has 3 aromatic rings. The van der Waals surface area contributed by atoms with Crippen LogP contribution in [0.15, 0.2) is 49.1 Å². The summed E-state index contributed by atoms with van der Waals surface area (Å²) in [6, 6.07) is 10.5. The molecule has 2 aromatic heterocycles. The van der Waals surface area contributed by atoms with Crippen molar-refractivity contribution in [2.24, 2.45) is 5.92 Å². The Morgan fingerprint density at radius 2 is 2.09 bits per heavy atom. The van der Waals surface area contributed by atoms with E-state index < -0.39 is 6.10 Å². The Balaban J connectivity index is 1.65. The monoisotopic (exact) mass is 292 g/mol. The zero-order chi connectivity index (χ0) is 14.7. The lowest BCUT2D eigenvalue weighted by atomic mass is 9.83. The fourth-order valence-electron chi connectivity index (χ4n) is 4.07. The molecule has 5 rings (SSSR count). The average Bonchev–Trinajstić information content (AvgIpc) is 3.23. The standard InChI is InChI=1S/C17H16N4O/c22-17-13(6-8-21-14(17)5-7-19-21)16-12-4-2-1-3-11(12)15-9-18-10-20(15)16/h1-5,7,9-10,13,16-17,22H,6,8H2/t13-,16+,17-/m0/s1. The minimum absolute atomic E-state index is 0.140. The van der Waals surface area contributed by atoms with E-state index in [9.17, 15) is 5.11 Å². The van der Waals surface area contributed by atoms with Crippen LogP contribution in [-0.2, 0) is 6.54 Å². The van der Waals surface area contributed by atoms with Gasteiger partial charge in [-0.2, -0.15) is 5.10 Å². The summed E-state index contributed by atoms with van der Waals surface area (Å²) in [5.41, 5.74) is 4.59. The van der Waals surface area contributed by atoms with Crippen LogP contribution in [0.2, 0.25) is 0 Å². The van der Waals surface area contributed by atoms with E-state index in [-0.39, 0.29) is 12.0 Å². The highest BCUT2D eigenvalue weighted by atomic mass is 16.3. The van der Waals surface area contributed by atoms with Crippen LogP contribution in [0, 0.1) is 5.92 Å². The van der Waals surface area contributed by atoms with Crippen LogP contribution in [0.3, 0.4) is 0 Å². The number of imidazole rings is 1. The van der Waals surface area contributed by atoms with E-state index in [1.807, 2.05) is 23.3 Å². The molecule has 0 aliphatic carbocycles. The Bertz CT molecular complexity index is 850. The van der Waals surface area contributed by atoms with E-state index in [0.717, 1.165) is 24.4 Å². The number of aryl methyl sites for hydroxylation is 1. The van der Waals surface area contributed by atoms with Gasteiger partial charge in [-0.3, -0.25) is 4.68 Å². The van der Waals surface area contributed by atoms with Gasteiger partial charge in [-0.25, -0.2) is 4.98 Å². The lowest BCUT2D eigenvalue weighted by molar-refractivity contribution is 0.0525. The molecule has 0 amide bonds. The molecule has 2 aliphatic rings. The van der Waals surface area contributed by atoms with Crippen LogP contribution >= 0.6 is 0 Å². The highest BCUT2D eigenvalue weighted by molar-refractivity contribution is 5.69. The molecule has 0 radical (unpaired) electrons. The first kappa shape index (κ1) is 12.2. The third-order valence-electron chi connectivity index (χ3n) is 5.06. The SMILES string of the molecule is O[C@@H]1c2ccnn2CC[C@H]1[C@H]1c2ccccc2-c2cncn21. The molecule has 5 nitrogen and oxygen atoms in total. The second-order valence-electron chi connectivity index (χ2n) is 6.09. The third kappa shape index (κ3) is 1.46. The molecule has 5 heteroatoms. The van der Waals surface area contributed by atoms with Crippen molar-refractivity contribution in [3.63, 3.8) is 0 Å². The molecule has 1 aromatic carbocycles. The highest BCUT2D eigenvalue weighted by Crippen LogP contribution is 2.48. The number of aliphatic hydroxyl groups is 1. The Hall–Kier alpha value is -2.40. The van der Waals surface area contributed by atoms with Gasteiger partial charge in [0.1, 0.15) is 6.10 Å². The van der Waals surface area contributed by atoms with Gasteiger partial charge in [-0.15, -0.1) is 0 Å². The van der Waals surface area contributed by atoms with E-state index in [1.54, 1.807) is 6.20 Å². The van der Waals surface area contributed by atoms with Crippen molar-refractivity contribution >= 4 is 0 Å². The molecule has 0 unspecified atom stereocenters. The Labute approximate surface area is 127 Å². The van der Waals surface area contributed by atoms with Crippen LogP contribution in [0.4, 0.5) is 0 Å². The van der Waals surface area contributed by atoms with E-state index in [1.165, 1.54) is 11.1 Å². The summed E-state index contributed by atoms with van der Waals surface area (Å²) in [4.78, 5) is 4.31. The molecule has 0 fully saturated rings. The van der Waals surface area contributed by atoms with Crippen LogP contribution in [0.25, 0.3) is 11.3 Å². The zero-order valence-corrected chi connectivity index (χ0v) is 12.0. The number of hydrogen-bond acceptors (Lipinski definition) is 3. The molecule has 0 saturated carbocycles. The molecule has 0 saturated heterocycles. The predicted octanol–water partition coefficient (Wildman–Crippen LogP) is 2.40. The van der Waals surface area contributed by atoms with Crippen LogP contribution in [0.1, 0.15) is 29.8 Å². The van der Waals surface area contributed by atoms with Gasteiger partial charge in [-0.05, 0) is 18.1 Å². The number of nitrogens with zero attached hydrogens (tertiary/aromatic N) is 4. The second-order valence-corrected chi connectivity index (χ2v) is 6.09.